The number of H-pyrrole nitrogens is 1. The molecular weight excluding hydrogens is 456 g/mol. The molecule has 2 unspecified atom stereocenters. The van der Waals surface area contributed by atoms with Crippen molar-refractivity contribution in [3.05, 3.63) is 101 Å². The van der Waals surface area contributed by atoms with E-state index in [9.17, 15) is 9.59 Å². The van der Waals surface area contributed by atoms with Crippen LogP contribution in [0, 0.1) is 0 Å². The Kier molecular flexibility index (Phi) is 5.45. The van der Waals surface area contributed by atoms with Gasteiger partial charge in [0.15, 0.2) is 17.6 Å². The third-order valence-corrected chi connectivity index (χ3v) is 6.82. The number of para-hydroxylation sites is 3. The highest BCUT2D eigenvalue weighted by molar-refractivity contribution is 5.93. The van der Waals surface area contributed by atoms with E-state index in [2.05, 4.69) is 11.1 Å². The lowest BCUT2D eigenvalue weighted by molar-refractivity contribution is -0.132. The molecule has 6 rings (SSSR count). The van der Waals surface area contributed by atoms with Crippen molar-refractivity contribution >= 4 is 28.9 Å². The Balaban J connectivity index is 1.34. The van der Waals surface area contributed by atoms with Gasteiger partial charge in [-0.2, -0.15) is 0 Å². The second kappa shape index (κ2) is 8.92. The summed E-state index contributed by atoms with van der Waals surface area (Å²) in [6, 6.07) is 21.8. The van der Waals surface area contributed by atoms with Crippen molar-refractivity contribution in [1.82, 2.24) is 9.88 Å². The van der Waals surface area contributed by atoms with Gasteiger partial charge in [0.1, 0.15) is 12.6 Å². The number of amides is 1. The van der Waals surface area contributed by atoms with Gasteiger partial charge in [-0.1, -0.05) is 42.5 Å². The lowest BCUT2D eigenvalue weighted by atomic mass is 9.93. The molecule has 7 heteroatoms. The number of aromatic nitrogens is 1. The number of nitrogens with zero attached hydrogens (tertiary/aromatic N) is 1. The smallest absolute Gasteiger partial charge is 0.335 e. The molecule has 2 aliphatic heterocycles. The summed E-state index contributed by atoms with van der Waals surface area (Å²) in [5, 5.41) is 10.3. The van der Waals surface area contributed by atoms with Crippen LogP contribution in [0.4, 0.5) is 0 Å². The second-order valence-electron chi connectivity index (χ2n) is 8.96. The summed E-state index contributed by atoms with van der Waals surface area (Å²) < 4.78 is 12.4. The van der Waals surface area contributed by atoms with Gasteiger partial charge in [0.2, 0.25) is 5.91 Å². The van der Waals surface area contributed by atoms with Crippen LogP contribution < -0.4 is 9.47 Å². The van der Waals surface area contributed by atoms with Gasteiger partial charge in [0.05, 0.1) is 5.56 Å². The molecule has 1 amide bonds. The molecule has 0 aliphatic carbocycles. The first-order valence-electron chi connectivity index (χ1n) is 11.9. The summed E-state index contributed by atoms with van der Waals surface area (Å²) in [6.45, 7) is 0.864. The van der Waals surface area contributed by atoms with Crippen LogP contribution in [0.2, 0.25) is 0 Å². The summed E-state index contributed by atoms with van der Waals surface area (Å²) in [5.41, 5.74) is 4.17. The Bertz CT molecular complexity index is 1490. The standard InChI is InChI=1S/C29H24N2O5/c32-26(14-11-18-9-12-19(13-10-18)29(33)34)31-16-15-21-20-5-1-2-6-22(20)30-27(21)28(31)25-17-35-23-7-3-4-8-24(23)36-25/h1-14,25,28,30H,15-17H2,(H,33,34). The number of ether oxygens (including phenoxy) is 2. The van der Waals surface area contributed by atoms with Gasteiger partial charge in [-0.25, -0.2) is 4.79 Å². The maximum Gasteiger partial charge on any atom is 0.335 e. The molecule has 0 spiro atoms. The van der Waals surface area contributed by atoms with Crippen LogP contribution in [0.3, 0.4) is 0 Å². The summed E-state index contributed by atoms with van der Waals surface area (Å²) in [6.07, 6.45) is 3.58. The first-order chi connectivity index (χ1) is 17.6. The molecule has 180 valence electrons. The number of carbonyl (C=O) groups is 2. The van der Waals surface area contributed by atoms with Crippen LogP contribution in [-0.2, 0) is 11.2 Å². The predicted molar refractivity (Wildman–Crippen MR) is 135 cm³/mol. The minimum atomic E-state index is -0.983. The van der Waals surface area contributed by atoms with Crippen LogP contribution >= 0.6 is 0 Å². The number of aromatic amines is 1. The van der Waals surface area contributed by atoms with Gasteiger partial charge in [0, 0.05) is 29.2 Å². The highest BCUT2D eigenvalue weighted by Gasteiger charge is 2.41. The number of fused-ring (bicyclic) bond motifs is 4. The third kappa shape index (κ3) is 3.88. The molecule has 4 aromatic rings. The number of rotatable bonds is 4. The third-order valence-electron chi connectivity index (χ3n) is 6.82. The Hall–Kier alpha value is -4.52. The zero-order valence-corrected chi connectivity index (χ0v) is 19.4. The Morgan fingerprint density at radius 1 is 0.972 bits per heavy atom. The van der Waals surface area contributed by atoms with E-state index < -0.39 is 5.97 Å². The summed E-state index contributed by atoms with van der Waals surface area (Å²) in [7, 11) is 0. The number of carboxylic acid groups (broad SMARTS) is 1. The molecule has 0 radical (unpaired) electrons. The first kappa shape index (κ1) is 22.0. The van der Waals surface area contributed by atoms with Gasteiger partial charge in [-0.15, -0.1) is 0 Å². The monoisotopic (exact) mass is 480 g/mol. The Morgan fingerprint density at radius 3 is 2.53 bits per heavy atom. The SMILES string of the molecule is O=C(O)c1ccc(C=CC(=O)N2CCc3c([nH]c4ccccc34)C2C2COc3ccccc3O2)cc1. The molecule has 2 N–H and O–H groups in total. The highest BCUT2D eigenvalue weighted by atomic mass is 16.6. The van der Waals surface area contributed by atoms with Crippen LogP contribution in [0.25, 0.3) is 17.0 Å². The number of carboxylic acids is 1. The summed E-state index contributed by atoms with van der Waals surface area (Å²) >= 11 is 0. The maximum atomic E-state index is 13.5. The van der Waals surface area contributed by atoms with Crippen molar-refractivity contribution < 1.29 is 24.2 Å². The van der Waals surface area contributed by atoms with Crippen molar-refractivity contribution in [2.45, 2.75) is 18.6 Å². The fraction of sp³-hybridized carbons (Fsp3) is 0.172. The topological polar surface area (TPSA) is 91.9 Å². The molecule has 2 aliphatic rings. The fourth-order valence-electron chi connectivity index (χ4n) is 5.10. The molecular formula is C29H24N2O5. The first-order valence-corrected chi connectivity index (χ1v) is 11.9. The minimum absolute atomic E-state index is 0.144. The van der Waals surface area contributed by atoms with E-state index in [1.54, 1.807) is 18.2 Å². The number of hydrogen-bond acceptors (Lipinski definition) is 4. The van der Waals surface area contributed by atoms with E-state index in [4.69, 9.17) is 14.6 Å². The number of aromatic carboxylic acids is 1. The largest absolute Gasteiger partial charge is 0.486 e. The normalized spacial score (nSPS) is 18.8. The van der Waals surface area contributed by atoms with Crippen molar-refractivity contribution in [3.63, 3.8) is 0 Å². The van der Waals surface area contributed by atoms with Crippen molar-refractivity contribution in [3.8, 4) is 11.5 Å². The van der Waals surface area contributed by atoms with E-state index in [1.807, 2.05) is 47.4 Å². The zero-order valence-electron chi connectivity index (χ0n) is 19.4. The lowest BCUT2D eigenvalue weighted by Crippen LogP contribution is -2.49. The summed E-state index contributed by atoms with van der Waals surface area (Å²) in [5.74, 6) is 0.236. The van der Waals surface area contributed by atoms with Crippen LogP contribution in [-0.4, -0.2) is 46.1 Å². The van der Waals surface area contributed by atoms with Gasteiger partial charge in [-0.05, 0) is 54.0 Å². The predicted octanol–water partition coefficient (Wildman–Crippen LogP) is 4.85. The van der Waals surface area contributed by atoms with Gasteiger partial charge in [0.25, 0.3) is 0 Å². The van der Waals surface area contributed by atoms with Gasteiger partial charge >= 0.3 is 5.97 Å². The second-order valence-corrected chi connectivity index (χ2v) is 8.96. The average molecular weight is 481 g/mol. The van der Waals surface area contributed by atoms with Crippen LogP contribution in [0.15, 0.2) is 78.9 Å². The number of hydrogen-bond donors (Lipinski definition) is 2. The molecule has 0 saturated carbocycles. The molecule has 2 atom stereocenters. The van der Waals surface area contributed by atoms with E-state index in [1.165, 1.54) is 23.8 Å². The van der Waals surface area contributed by atoms with Crippen molar-refractivity contribution in [2.75, 3.05) is 13.2 Å². The Labute approximate surface area is 207 Å². The molecule has 0 bridgehead atoms. The van der Waals surface area contributed by atoms with Crippen LogP contribution in [0.5, 0.6) is 11.5 Å². The molecule has 0 fully saturated rings. The average Bonchev–Trinajstić information content (AvgIpc) is 3.30. The molecule has 36 heavy (non-hydrogen) atoms. The maximum absolute atomic E-state index is 13.5. The number of nitrogens with one attached hydrogen (secondary N) is 1. The fourth-order valence-corrected chi connectivity index (χ4v) is 5.10. The highest BCUT2D eigenvalue weighted by Crippen LogP contribution is 2.41. The van der Waals surface area contributed by atoms with E-state index in [0.717, 1.165) is 28.6 Å². The van der Waals surface area contributed by atoms with Crippen molar-refractivity contribution in [2.24, 2.45) is 0 Å². The van der Waals surface area contributed by atoms with Crippen molar-refractivity contribution in [1.29, 1.82) is 0 Å². The summed E-state index contributed by atoms with van der Waals surface area (Å²) in [4.78, 5) is 30.0. The molecule has 7 nitrogen and oxygen atoms in total. The van der Waals surface area contributed by atoms with E-state index >= 15 is 0 Å². The molecule has 1 aromatic heterocycles. The van der Waals surface area contributed by atoms with Crippen LogP contribution in [0.1, 0.15) is 33.2 Å². The van der Waals surface area contributed by atoms with E-state index in [-0.39, 0.29) is 23.6 Å². The lowest BCUT2D eigenvalue weighted by Gasteiger charge is -2.41. The number of carbonyl (C=O) groups excluding carboxylic acids is 1. The minimum Gasteiger partial charge on any atom is -0.486 e. The molecule has 3 heterocycles. The quantitative estimate of drug-likeness (QED) is 0.408. The van der Waals surface area contributed by atoms with E-state index in [0.29, 0.717) is 24.7 Å². The zero-order chi connectivity index (χ0) is 24.6. The molecule has 0 saturated heterocycles. The molecule has 3 aromatic carbocycles. The van der Waals surface area contributed by atoms with Gasteiger partial charge in [-0.3, -0.25) is 4.79 Å². The number of benzene rings is 3. The van der Waals surface area contributed by atoms with Gasteiger partial charge < -0.3 is 24.5 Å². The Morgan fingerprint density at radius 2 is 1.72 bits per heavy atom.